The van der Waals surface area contributed by atoms with Crippen LogP contribution in [0.5, 0.6) is 0 Å². The van der Waals surface area contributed by atoms with E-state index in [4.69, 9.17) is 0 Å². The Morgan fingerprint density at radius 2 is 1.79 bits per heavy atom. The van der Waals surface area contributed by atoms with E-state index in [0.717, 1.165) is 17.9 Å². The highest BCUT2D eigenvalue weighted by atomic mass is 16.3. The second-order valence-electron chi connectivity index (χ2n) is 6.66. The molecule has 0 heterocycles. The number of aryl methyl sites for hydroxylation is 2. The van der Waals surface area contributed by atoms with Crippen molar-refractivity contribution >= 4 is 0 Å². The van der Waals surface area contributed by atoms with Crippen LogP contribution in [0.3, 0.4) is 0 Å². The molecule has 0 aliphatic heterocycles. The van der Waals surface area contributed by atoms with Gasteiger partial charge >= 0.3 is 0 Å². The molecule has 0 spiro atoms. The summed E-state index contributed by atoms with van der Waals surface area (Å²) in [5.41, 5.74) is 2.92. The summed E-state index contributed by atoms with van der Waals surface area (Å²) in [6, 6.07) is 6.49. The fourth-order valence-electron chi connectivity index (χ4n) is 3.67. The fourth-order valence-corrected chi connectivity index (χ4v) is 3.67. The molecule has 1 heteroatoms. The van der Waals surface area contributed by atoms with Gasteiger partial charge in [0.05, 0.1) is 5.60 Å². The molecule has 0 saturated heterocycles. The Labute approximate surface area is 118 Å². The lowest BCUT2D eigenvalue weighted by Gasteiger charge is -2.39. The number of hydrogen-bond donors (Lipinski definition) is 1. The molecule has 0 bridgehead atoms. The molecule has 2 rings (SSSR count). The van der Waals surface area contributed by atoms with Gasteiger partial charge in [0.25, 0.3) is 0 Å². The average Bonchev–Trinajstić information content (AvgIpc) is 2.37. The van der Waals surface area contributed by atoms with Crippen molar-refractivity contribution in [2.75, 3.05) is 0 Å². The molecule has 19 heavy (non-hydrogen) atoms. The minimum atomic E-state index is -0.676. The van der Waals surface area contributed by atoms with Crippen molar-refractivity contribution in [3.05, 3.63) is 34.9 Å². The van der Waals surface area contributed by atoms with Crippen molar-refractivity contribution in [2.24, 2.45) is 11.8 Å². The van der Waals surface area contributed by atoms with Crippen LogP contribution in [0.1, 0.15) is 62.6 Å². The SMILES string of the molecule is CCC1CCCC(C(C)(O)c2cc(C)cc(C)c2)C1. The number of benzene rings is 1. The highest BCUT2D eigenvalue weighted by molar-refractivity contribution is 5.32. The van der Waals surface area contributed by atoms with E-state index >= 15 is 0 Å². The van der Waals surface area contributed by atoms with E-state index in [9.17, 15) is 5.11 Å². The molecule has 1 N–H and O–H groups in total. The molecule has 1 aromatic carbocycles. The lowest BCUT2D eigenvalue weighted by Crippen LogP contribution is -2.35. The van der Waals surface area contributed by atoms with Crippen LogP contribution in [-0.2, 0) is 5.60 Å². The summed E-state index contributed by atoms with van der Waals surface area (Å²) in [4.78, 5) is 0. The van der Waals surface area contributed by atoms with Gasteiger partial charge in [0.1, 0.15) is 0 Å². The van der Waals surface area contributed by atoms with Crippen molar-refractivity contribution in [1.29, 1.82) is 0 Å². The minimum absolute atomic E-state index is 0.410. The first-order valence-corrected chi connectivity index (χ1v) is 7.74. The van der Waals surface area contributed by atoms with Gasteiger partial charge in [-0.3, -0.25) is 0 Å². The van der Waals surface area contributed by atoms with Crippen LogP contribution in [0.4, 0.5) is 0 Å². The van der Waals surface area contributed by atoms with Crippen LogP contribution < -0.4 is 0 Å². The van der Waals surface area contributed by atoms with Gasteiger partial charge in [-0.25, -0.2) is 0 Å². The van der Waals surface area contributed by atoms with Crippen LogP contribution in [0.2, 0.25) is 0 Å². The van der Waals surface area contributed by atoms with Crippen molar-refractivity contribution in [1.82, 2.24) is 0 Å². The molecule has 1 saturated carbocycles. The molecule has 0 radical (unpaired) electrons. The Morgan fingerprint density at radius 3 is 2.37 bits per heavy atom. The smallest absolute Gasteiger partial charge is 0.0896 e. The van der Waals surface area contributed by atoms with E-state index in [2.05, 4.69) is 39.0 Å². The van der Waals surface area contributed by atoms with E-state index in [1.807, 2.05) is 6.92 Å². The third kappa shape index (κ3) is 3.20. The fraction of sp³-hybridized carbons (Fsp3) is 0.667. The zero-order valence-electron chi connectivity index (χ0n) is 12.9. The highest BCUT2D eigenvalue weighted by Gasteiger charge is 2.36. The Balaban J connectivity index is 2.25. The summed E-state index contributed by atoms with van der Waals surface area (Å²) in [6.07, 6.45) is 6.20. The van der Waals surface area contributed by atoms with Crippen molar-refractivity contribution < 1.29 is 5.11 Å². The van der Waals surface area contributed by atoms with Gasteiger partial charge in [-0.05, 0) is 51.0 Å². The van der Waals surface area contributed by atoms with Crippen molar-refractivity contribution in [2.45, 2.75) is 65.4 Å². The topological polar surface area (TPSA) is 20.2 Å². The predicted molar refractivity (Wildman–Crippen MR) is 81.2 cm³/mol. The van der Waals surface area contributed by atoms with Gasteiger partial charge in [0.15, 0.2) is 0 Å². The van der Waals surface area contributed by atoms with E-state index in [1.165, 1.54) is 36.8 Å². The largest absolute Gasteiger partial charge is 0.385 e. The molecule has 1 aliphatic carbocycles. The standard InChI is InChI=1S/C18H28O/c1-5-15-7-6-8-16(12-15)18(4,19)17-10-13(2)9-14(3)11-17/h9-11,15-16,19H,5-8,12H2,1-4H3. The monoisotopic (exact) mass is 260 g/mol. The van der Waals surface area contributed by atoms with Gasteiger partial charge in [0.2, 0.25) is 0 Å². The van der Waals surface area contributed by atoms with Crippen LogP contribution in [0, 0.1) is 25.7 Å². The second kappa shape index (κ2) is 5.66. The summed E-state index contributed by atoms with van der Waals surface area (Å²) >= 11 is 0. The maximum Gasteiger partial charge on any atom is 0.0896 e. The zero-order chi connectivity index (χ0) is 14.0. The Kier molecular flexibility index (Phi) is 4.35. The summed E-state index contributed by atoms with van der Waals surface area (Å²) in [5, 5.41) is 11.1. The highest BCUT2D eigenvalue weighted by Crippen LogP contribution is 2.42. The van der Waals surface area contributed by atoms with Crippen molar-refractivity contribution in [3.63, 3.8) is 0 Å². The minimum Gasteiger partial charge on any atom is -0.385 e. The van der Waals surface area contributed by atoms with E-state index in [-0.39, 0.29) is 0 Å². The molecular formula is C18H28O. The molecule has 1 nitrogen and oxygen atoms in total. The van der Waals surface area contributed by atoms with Crippen LogP contribution in [-0.4, -0.2) is 5.11 Å². The molecule has 1 aliphatic rings. The first kappa shape index (κ1) is 14.6. The summed E-state index contributed by atoms with van der Waals surface area (Å²) in [6.45, 7) is 8.52. The summed E-state index contributed by atoms with van der Waals surface area (Å²) < 4.78 is 0. The lowest BCUT2D eigenvalue weighted by molar-refractivity contribution is -0.0312. The molecule has 1 aromatic rings. The maximum atomic E-state index is 11.1. The van der Waals surface area contributed by atoms with Gasteiger partial charge < -0.3 is 5.11 Å². The second-order valence-corrected chi connectivity index (χ2v) is 6.66. The average molecular weight is 260 g/mol. The predicted octanol–water partition coefficient (Wildman–Crippen LogP) is 4.73. The molecule has 0 amide bonds. The molecular weight excluding hydrogens is 232 g/mol. The van der Waals surface area contributed by atoms with Crippen LogP contribution in [0.25, 0.3) is 0 Å². The Hall–Kier alpha value is -0.820. The summed E-state index contributed by atoms with van der Waals surface area (Å²) in [7, 11) is 0. The first-order chi connectivity index (χ1) is 8.93. The maximum absolute atomic E-state index is 11.1. The third-order valence-corrected chi connectivity index (χ3v) is 4.96. The Morgan fingerprint density at radius 1 is 1.16 bits per heavy atom. The normalized spacial score (nSPS) is 27.0. The third-order valence-electron chi connectivity index (χ3n) is 4.96. The van der Waals surface area contributed by atoms with Gasteiger partial charge in [-0.15, -0.1) is 0 Å². The molecule has 1 fully saturated rings. The molecule has 0 aromatic heterocycles. The number of rotatable bonds is 3. The number of hydrogen-bond acceptors (Lipinski definition) is 1. The molecule has 106 valence electrons. The zero-order valence-corrected chi connectivity index (χ0v) is 12.9. The van der Waals surface area contributed by atoms with Crippen molar-refractivity contribution in [3.8, 4) is 0 Å². The van der Waals surface area contributed by atoms with Gasteiger partial charge in [-0.1, -0.05) is 55.5 Å². The Bertz CT molecular complexity index is 413. The van der Waals surface area contributed by atoms with E-state index in [0.29, 0.717) is 5.92 Å². The van der Waals surface area contributed by atoms with E-state index < -0.39 is 5.60 Å². The quantitative estimate of drug-likeness (QED) is 0.833. The van der Waals surface area contributed by atoms with Crippen LogP contribution in [0.15, 0.2) is 18.2 Å². The molecule has 3 unspecified atom stereocenters. The van der Waals surface area contributed by atoms with Crippen LogP contribution >= 0.6 is 0 Å². The number of aliphatic hydroxyl groups is 1. The molecule has 3 atom stereocenters. The van der Waals surface area contributed by atoms with E-state index in [1.54, 1.807) is 0 Å². The summed E-state index contributed by atoms with van der Waals surface area (Å²) in [5.74, 6) is 1.21. The van der Waals surface area contributed by atoms with Gasteiger partial charge in [0, 0.05) is 0 Å². The van der Waals surface area contributed by atoms with Gasteiger partial charge in [-0.2, -0.15) is 0 Å². The lowest BCUT2D eigenvalue weighted by atomic mass is 9.70. The first-order valence-electron chi connectivity index (χ1n) is 7.74.